The van der Waals surface area contributed by atoms with Gasteiger partial charge in [0.05, 0.1) is 10.0 Å². The number of amides is 1. The molecule has 1 aliphatic heterocycles. The van der Waals surface area contributed by atoms with Crippen LogP contribution in [0.3, 0.4) is 0 Å². The van der Waals surface area contributed by atoms with Gasteiger partial charge in [-0.3, -0.25) is 4.79 Å². The summed E-state index contributed by atoms with van der Waals surface area (Å²) in [6.45, 7) is 1.71. The van der Waals surface area contributed by atoms with Gasteiger partial charge in [-0.15, -0.1) is 0 Å². The van der Waals surface area contributed by atoms with Crippen molar-refractivity contribution in [3.8, 4) is 0 Å². The largest absolute Gasteiger partial charge is 0.339 e. The van der Waals surface area contributed by atoms with Crippen LogP contribution >= 0.6 is 23.2 Å². The molecule has 1 aromatic carbocycles. The van der Waals surface area contributed by atoms with Gasteiger partial charge >= 0.3 is 0 Å². The molecule has 2 nitrogen and oxygen atoms in total. The predicted molar refractivity (Wildman–Crippen MR) is 80.5 cm³/mol. The van der Waals surface area contributed by atoms with Crippen LogP contribution in [-0.4, -0.2) is 23.9 Å². The summed E-state index contributed by atoms with van der Waals surface area (Å²) in [7, 11) is 0. The molecule has 4 heteroatoms. The molecule has 0 radical (unpaired) electrons. The van der Waals surface area contributed by atoms with Gasteiger partial charge in [-0.25, -0.2) is 0 Å². The van der Waals surface area contributed by atoms with Gasteiger partial charge in [0, 0.05) is 19.2 Å². The van der Waals surface area contributed by atoms with E-state index in [4.69, 9.17) is 23.2 Å². The Morgan fingerprint density at radius 1 is 1.11 bits per heavy atom. The third-order valence-corrected chi connectivity index (χ3v) is 4.14. The lowest BCUT2D eigenvalue weighted by Crippen LogP contribution is -2.30. The summed E-state index contributed by atoms with van der Waals surface area (Å²) in [6.07, 6.45) is 7.94. The number of carbonyl (C=O) groups excluding carboxylic acids is 1. The Hall–Kier alpha value is -0.990. The van der Waals surface area contributed by atoms with Gasteiger partial charge in [0.2, 0.25) is 5.91 Å². The summed E-state index contributed by atoms with van der Waals surface area (Å²) in [4.78, 5) is 14.0. The molecule has 0 unspecified atom stereocenters. The lowest BCUT2D eigenvalue weighted by molar-refractivity contribution is -0.125. The number of rotatable bonds is 2. The Balaban J connectivity index is 2.05. The van der Waals surface area contributed by atoms with Gasteiger partial charge < -0.3 is 4.90 Å². The van der Waals surface area contributed by atoms with Gasteiger partial charge in [-0.1, -0.05) is 48.2 Å². The maximum atomic E-state index is 12.1. The molecule has 102 valence electrons. The fourth-order valence-corrected chi connectivity index (χ4v) is 2.58. The first kappa shape index (κ1) is 14.4. The molecule has 19 heavy (non-hydrogen) atoms. The van der Waals surface area contributed by atoms with Gasteiger partial charge in [0.15, 0.2) is 0 Å². The Labute approximate surface area is 124 Å². The van der Waals surface area contributed by atoms with E-state index >= 15 is 0 Å². The molecule has 0 aliphatic carbocycles. The molecule has 1 fully saturated rings. The van der Waals surface area contributed by atoms with Crippen molar-refractivity contribution in [1.82, 2.24) is 4.90 Å². The Morgan fingerprint density at radius 3 is 2.47 bits per heavy atom. The van der Waals surface area contributed by atoms with Crippen LogP contribution in [0, 0.1) is 0 Å². The molecule has 0 N–H and O–H groups in total. The fourth-order valence-electron chi connectivity index (χ4n) is 2.21. The molecule has 1 aliphatic rings. The minimum atomic E-state index is 0.0537. The maximum Gasteiger partial charge on any atom is 0.246 e. The van der Waals surface area contributed by atoms with Gasteiger partial charge in [0.1, 0.15) is 0 Å². The SMILES string of the molecule is O=C(/C=C/c1cccc(Cl)c1Cl)N1CCCCCC1. The van der Waals surface area contributed by atoms with Crippen LogP contribution in [0.4, 0.5) is 0 Å². The van der Waals surface area contributed by atoms with Crippen molar-refractivity contribution < 1.29 is 4.79 Å². The number of halogens is 2. The summed E-state index contributed by atoms with van der Waals surface area (Å²) in [5.41, 5.74) is 0.775. The van der Waals surface area contributed by atoms with E-state index in [1.54, 1.807) is 18.2 Å². The van der Waals surface area contributed by atoms with Crippen molar-refractivity contribution in [2.24, 2.45) is 0 Å². The highest BCUT2D eigenvalue weighted by Crippen LogP contribution is 2.26. The van der Waals surface area contributed by atoms with Crippen LogP contribution in [0.5, 0.6) is 0 Å². The molecule has 0 saturated carbocycles. The third-order valence-electron chi connectivity index (χ3n) is 3.30. The molecule has 0 aromatic heterocycles. The van der Waals surface area contributed by atoms with Crippen molar-refractivity contribution in [1.29, 1.82) is 0 Å². The first-order valence-corrected chi connectivity index (χ1v) is 7.35. The van der Waals surface area contributed by atoms with Crippen molar-refractivity contribution in [3.63, 3.8) is 0 Å². The standard InChI is InChI=1S/C15H17Cl2NO/c16-13-7-5-6-12(15(13)17)8-9-14(19)18-10-3-1-2-4-11-18/h5-9H,1-4,10-11H2/b9-8+. The second-order valence-corrected chi connectivity index (χ2v) is 5.50. The van der Waals surface area contributed by atoms with Gasteiger partial charge in [0.25, 0.3) is 0 Å². The molecule has 1 saturated heterocycles. The third kappa shape index (κ3) is 3.99. The van der Waals surface area contributed by atoms with E-state index < -0.39 is 0 Å². The number of hydrogen-bond acceptors (Lipinski definition) is 1. The zero-order chi connectivity index (χ0) is 13.7. The topological polar surface area (TPSA) is 20.3 Å². The van der Waals surface area contributed by atoms with E-state index in [9.17, 15) is 4.79 Å². The average molecular weight is 298 g/mol. The average Bonchev–Trinajstić information content (AvgIpc) is 2.69. The van der Waals surface area contributed by atoms with Gasteiger partial charge in [-0.05, 0) is 30.5 Å². The highest BCUT2D eigenvalue weighted by Gasteiger charge is 2.12. The van der Waals surface area contributed by atoms with Crippen LogP contribution in [0.1, 0.15) is 31.2 Å². The molecule has 0 bridgehead atoms. The zero-order valence-electron chi connectivity index (χ0n) is 10.7. The van der Waals surface area contributed by atoms with E-state index in [0.717, 1.165) is 31.5 Å². The second kappa shape index (κ2) is 6.97. The summed E-state index contributed by atoms with van der Waals surface area (Å²) in [5.74, 6) is 0.0537. The molecular formula is C15H17Cl2NO. The molecule has 1 aromatic rings. The Morgan fingerprint density at radius 2 is 1.79 bits per heavy atom. The Bertz CT molecular complexity index is 477. The normalized spacial score (nSPS) is 16.6. The van der Waals surface area contributed by atoms with Crippen molar-refractivity contribution >= 4 is 35.2 Å². The van der Waals surface area contributed by atoms with Crippen molar-refractivity contribution in [2.75, 3.05) is 13.1 Å². The van der Waals surface area contributed by atoms with E-state index in [-0.39, 0.29) is 5.91 Å². The molecule has 1 amide bonds. The van der Waals surface area contributed by atoms with E-state index in [1.807, 2.05) is 17.0 Å². The van der Waals surface area contributed by atoms with Gasteiger partial charge in [-0.2, -0.15) is 0 Å². The van der Waals surface area contributed by atoms with Crippen LogP contribution in [-0.2, 0) is 4.79 Å². The lowest BCUT2D eigenvalue weighted by atomic mass is 10.2. The molecule has 0 spiro atoms. The quantitative estimate of drug-likeness (QED) is 0.741. The minimum absolute atomic E-state index is 0.0537. The van der Waals surface area contributed by atoms with E-state index in [0.29, 0.717) is 10.0 Å². The monoisotopic (exact) mass is 297 g/mol. The predicted octanol–water partition coefficient (Wildman–Crippen LogP) is 4.41. The molecule has 0 atom stereocenters. The summed E-state index contributed by atoms with van der Waals surface area (Å²) in [6, 6.07) is 5.41. The van der Waals surface area contributed by atoms with Crippen molar-refractivity contribution in [3.05, 3.63) is 39.9 Å². The number of hydrogen-bond donors (Lipinski definition) is 0. The van der Waals surface area contributed by atoms with Crippen molar-refractivity contribution in [2.45, 2.75) is 25.7 Å². The number of benzene rings is 1. The summed E-state index contributed by atoms with van der Waals surface area (Å²) >= 11 is 12.0. The first-order valence-electron chi connectivity index (χ1n) is 6.59. The van der Waals surface area contributed by atoms with Crippen LogP contribution in [0.15, 0.2) is 24.3 Å². The minimum Gasteiger partial charge on any atom is -0.339 e. The lowest BCUT2D eigenvalue weighted by Gasteiger charge is -2.18. The molecular weight excluding hydrogens is 281 g/mol. The zero-order valence-corrected chi connectivity index (χ0v) is 12.3. The van der Waals surface area contributed by atoms with Crippen LogP contribution in [0.2, 0.25) is 10.0 Å². The molecule has 1 heterocycles. The van der Waals surface area contributed by atoms with Crippen LogP contribution < -0.4 is 0 Å². The maximum absolute atomic E-state index is 12.1. The summed E-state index contributed by atoms with van der Waals surface area (Å²) in [5, 5.41) is 0.995. The highest BCUT2D eigenvalue weighted by molar-refractivity contribution is 6.42. The molecule has 2 rings (SSSR count). The number of likely N-dealkylation sites (tertiary alicyclic amines) is 1. The van der Waals surface area contributed by atoms with E-state index in [2.05, 4.69) is 0 Å². The Kier molecular flexibility index (Phi) is 5.29. The smallest absolute Gasteiger partial charge is 0.246 e. The highest BCUT2D eigenvalue weighted by atomic mass is 35.5. The number of nitrogens with zero attached hydrogens (tertiary/aromatic N) is 1. The van der Waals surface area contributed by atoms with E-state index in [1.165, 1.54) is 12.8 Å². The second-order valence-electron chi connectivity index (χ2n) is 4.72. The summed E-state index contributed by atoms with van der Waals surface area (Å²) < 4.78 is 0. The fraction of sp³-hybridized carbons (Fsp3) is 0.400. The number of carbonyl (C=O) groups is 1. The van der Waals surface area contributed by atoms with Crippen LogP contribution in [0.25, 0.3) is 6.08 Å². The first-order chi connectivity index (χ1) is 9.18.